The van der Waals surface area contributed by atoms with Gasteiger partial charge in [0, 0.05) is 43.1 Å². The fraction of sp³-hybridized carbons (Fsp3) is 0.292. The number of piperidine rings is 1. The van der Waals surface area contributed by atoms with Crippen LogP contribution >= 0.6 is 11.6 Å². The first-order valence-corrected chi connectivity index (χ1v) is 11.1. The topological polar surface area (TPSA) is 76.6 Å². The third kappa shape index (κ3) is 5.43. The van der Waals surface area contributed by atoms with Crippen LogP contribution in [0.5, 0.6) is 11.5 Å². The molecular formula is C24H22ClF3N4O3. The van der Waals surface area contributed by atoms with Crippen LogP contribution in [0.1, 0.15) is 18.4 Å². The van der Waals surface area contributed by atoms with Crippen molar-refractivity contribution in [1.29, 1.82) is 0 Å². The number of methoxy groups -OCH3 is 1. The van der Waals surface area contributed by atoms with Gasteiger partial charge in [0.1, 0.15) is 18.2 Å². The fourth-order valence-corrected chi connectivity index (χ4v) is 4.10. The minimum absolute atomic E-state index is 0.115. The second kappa shape index (κ2) is 9.99. The van der Waals surface area contributed by atoms with E-state index in [4.69, 9.17) is 21.1 Å². The molecular weight excluding hydrogens is 485 g/mol. The van der Waals surface area contributed by atoms with Crippen LogP contribution in [0.15, 0.2) is 49.3 Å². The summed E-state index contributed by atoms with van der Waals surface area (Å²) in [6.07, 6.45) is -0.896. The summed E-state index contributed by atoms with van der Waals surface area (Å²) in [6, 6.07) is 6.91. The normalized spacial score (nSPS) is 14.6. The highest BCUT2D eigenvalue weighted by atomic mass is 35.5. The third-order valence-electron chi connectivity index (χ3n) is 5.68. The Labute approximate surface area is 204 Å². The van der Waals surface area contributed by atoms with Gasteiger partial charge in [-0.1, -0.05) is 18.2 Å². The quantitative estimate of drug-likeness (QED) is 0.438. The molecule has 1 saturated heterocycles. The van der Waals surface area contributed by atoms with Gasteiger partial charge < -0.3 is 19.7 Å². The fourth-order valence-electron chi connectivity index (χ4n) is 3.87. The molecule has 7 nitrogen and oxygen atoms in total. The van der Waals surface area contributed by atoms with Crippen molar-refractivity contribution < 1.29 is 27.4 Å². The number of alkyl halides is 3. The molecule has 0 unspecified atom stereocenters. The SMILES string of the molecule is C=CC(=O)N1CCC(Oc2cc3c(Nc4ccc(Cl)c(C(F)(F)F)c4)ncnc3cc2OC)CC1. The zero-order valence-electron chi connectivity index (χ0n) is 18.7. The van der Waals surface area contributed by atoms with E-state index in [1.54, 1.807) is 17.0 Å². The Kier molecular flexibility index (Phi) is 7.02. The van der Waals surface area contributed by atoms with Crippen LogP contribution < -0.4 is 14.8 Å². The van der Waals surface area contributed by atoms with Crippen molar-refractivity contribution in [2.24, 2.45) is 0 Å². The summed E-state index contributed by atoms with van der Waals surface area (Å²) in [4.78, 5) is 22.0. The number of nitrogens with one attached hydrogen (secondary N) is 1. The lowest BCUT2D eigenvalue weighted by Crippen LogP contribution is -2.41. The van der Waals surface area contributed by atoms with Crippen molar-refractivity contribution in [2.75, 3.05) is 25.5 Å². The highest BCUT2D eigenvalue weighted by Gasteiger charge is 2.33. The molecule has 1 aliphatic heterocycles. The number of fused-ring (bicyclic) bond motifs is 1. The van der Waals surface area contributed by atoms with Crippen molar-refractivity contribution in [1.82, 2.24) is 14.9 Å². The Morgan fingerprint density at radius 1 is 1.20 bits per heavy atom. The van der Waals surface area contributed by atoms with Gasteiger partial charge >= 0.3 is 6.18 Å². The number of halogens is 4. The van der Waals surface area contributed by atoms with Crippen molar-refractivity contribution in [2.45, 2.75) is 25.1 Å². The number of nitrogens with zero attached hydrogens (tertiary/aromatic N) is 3. The Morgan fingerprint density at radius 2 is 1.94 bits per heavy atom. The molecule has 0 spiro atoms. The van der Waals surface area contributed by atoms with Gasteiger partial charge in [0.2, 0.25) is 5.91 Å². The lowest BCUT2D eigenvalue weighted by atomic mass is 10.1. The maximum absolute atomic E-state index is 13.3. The van der Waals surface area contributed by atoms with Gasteiger partial charge in [-0.2, -0.15) is 13.2 Å². The lowest BCUT2D eigenvalue weighted by Gasteiger charge is -2.31. The molecule has 1 fully saturated rings. The summed E-state index contributed by atoms with van der Waals surface area (Å²) in [5, 5.41) is 3.06. The standard InChI is InChI=1S/C24H22ClF3N4O3/c1-3-22(33)32-8-6-15(7-9-32)35-21-11-16-19(12-20(21)34-2)29-13-30-23(16)31-14-4-5-18(25)17(10-14)24(26,27)28/h3-5,10-13,15H,1,6-9H2,2H3,(H,29,30,31). The summed E-state index contributed by atoms with van der Waals surface area (Å²) >= 11 is 5.73. The molecule has 2 aromatic carbocycles. The zero-order chi connectivity index (χ0) is 25.2. The number of hydrogen-bond acceptors (Lipinski definition) is 6. The van der Waals surface area contributed by atoms with Crippen molar-refractivity contribution in [3.63, 3.8) is 0 Å². The van der Waals surface area contributed by atoms with Crippen LogP contribution in [-0.4, -0.2) is 47.1 Å². The molecule has 4 rings (SSSR count). The molecule has 35 heavy (non-hydrogen) atoms. The van der Waals surface area contributed by atoms with E-state index >= 15 is 0 Å². The Bertz CT molecular complexity index is 1260. The van der Waals surface area contributed by atoms with Crippen molar-refractivity contribution >= 4 is 39.9 Å². The number of anilines is 2. The van der Waals surface area contributed by atoms with Gasteiger partial charge in [0.25, 0.3) is 0 Å². The molecule has 11 heteroatoms. The number of ether oxygens (including phenoxy) is 2. The zero-order valence-corrected chi connectivity index (χ0v) is 19.5. The third-order valence-corrected chi connectivity index (χ3v) is 6.01. The predicted molar refractivity (Wildman–Crippen MR) is 126 cm³/mol. The van der Waals surface area contributed by atoms with E-state index in [9.17, 15) is 18.0 Å². The molecule has 2 heterocycles. The van der Waals surface area contributed by atoms with Crippen molar-refractivity contribution in [3.8, 4) is 11.5 Å². The maximum Gasteiger partial charge on any atom is 0.417 e. The number of likely N-dealkylation sites (tertiary alicyclic amines) is 1. The van der Waals surface area contributed by atoms with Crippen LogP contribution in [0.3, 0.4) is 0 Å². The van der Waals surface area contributed by atoms with E-state index in [0.29, 0.717) is 54.2 Å². The maximum atomic E-state index is 13.3. The van der Waals surface area contributed by atoms with Crippen LogP contribution in [0, 0.1) is 0 Å². The molecule has 1 N–H and O–H groups in total. The first-order valence-electron chi connectivity index (χ1n) is 10.7. The highest BCUT2D eigenvalue weighted by molar-refractivity contribution is 6.31. The largest absolute Gasteiger partial charge is 0.493 e. The highest BCUT2D eigenvalue weighted by Crippen LogP contribution is 2.39. The van der Waals surface area contributed by atoms with Crippen LogP contribution in [-0.2, 0) is 11.0 Å². The van der Waals surface area contributed by atoms with Gasteiger partial charge in [-0.25, -0.2) is 9.97 Å². The number of amides is 1. The van der Waals surface area contributed by atoms with Gasteiger partial charge in [0.05, 0.1) is 23.2 Å². The van der Waals surface area contributed by atoms with E-state index in [0.717, 1.165) is 6.07 Å². The second-order valence-electron chi connectivity index (χ2n) is 7.91. The molecule has 1 aromatic heterocycles. The van der Waals surface area contributed by atoms with Gasteiger partial charge in [-0.15, -0.1) is 0 Å². The average Bonchev–Trinajstić information content (AvgIpc) is 2.84. The molecule has 3 aromatic rings. The van der Waals surface area contributed by atoms with Crippen LogP contribution in [0.4, 0.5) is 24.7 Å². The number of carbonyl (C=O) groups is 1. The number of benzene rings is 2. The molecule has 0 radical (unpaired) electrons. The average molecular weight is 507 g/mol. The van der Waals surface area contributed by atoms with Gasteiger partial charge in [-0.05, 0) is 30.3 Å². The Balaban J connectivity index is 1.62. The minimum Gasteiger partial charge on any atom is -0.493 e. The van der Waals surface area contributed by atoms with E-state index in [1.165, 1.54) is 31.6 Å². The summed E-state index contributed by atoms with van der Waals surface area (Å²) in [5.74, 6) is 1.08. The van der Waals surface area contributed by atoms with Crippen molar-refractivity contribution in [3.05, 3.63) is 59.9 Å². The second-order valence-corrected chi connectivity index (χ2v) is 8.31. The van der Waals surface area contributed by atoms with Crippen LogP contribution in [0.25, 0.3) is 10.9 Å². The molecule has 1 aliphatic rings. The molecule has 184 valence electrons. The molecule has 0 aliphatic carbocycles. The number of hydrogen-bond donors (Lipinski definition) is 1. The predicted octanol–water partition coefficient (Wildman–Crippen LogP) is 5.61. The van der Waals surface area contributed by atoms with Crippen LogP contribution in [0.2, 0.25) is 5.02 Å². The van der Waals surface area contributed by atoms with E-state index in [-0.39, 0.29) is 17.7 Å². The smallest absolute Gasteiger partial charge is 0.417 e. The van der Waals surface area contributed by atoms with E-state index in [2.05, 4.69) is 21.9 Å². The molecule has 0 atom stereocenters. The molecule has 1 amide bonds. The summed E-state index contributed by atoms with van der Waals surface area (Å²) < 4.78 is 51.5. The number of aromatic nitrogens is 2. The minimum atomic E-state index is -4.59. The lowest BCUT2D eigenvalue weighted by molar-refractivity contribution is -0.137. The molecule has 0 bridgehead atoms. The number of carbonyl (C=O) groups excluding carboxylic acids is 1. The molecule has 0 saturated carbocycles. The first-order chi connectivity index (χ1) is 16.7. The Morgan fingerprint density at radius 3 is 2.60 bits per heavy atom. The summed E-state index contributed by atoms with van der Waals surface area (Å²) in [6.45, 7) is 4.60. The summed E-state index contributed by atoms with van der Waals surface area (Å²) in [7, 11) is 1.51. The van der Waals surface area contributed by atoms with Gasteiger partial charge in [0.15, 0.2) is 11.5 Å². The first kappa shape index (κ1) is 24.6. The summed E-state index contributed by atoms with van der Waals surface area (Å²) in [5.41, 5.74) is -0.267. The Hall–Kier alpha value is -3.53. The van der Waals surface area contributed by atoms with E-state index in [1.807, 2.05) is 0 Å². The monoisotopic (exact) mass is 506 g/mol. The van der Waals surface area contributed by atoms with E-state index < -0.39 is 16.8 Å². The van der Waals surface area contributed by atoms with Gasteiger partial charge in [-0.3, -0.25) is 4.79 Å². The number of rotatable bonds is 6.